The van der Waals surface area contributed by atoms with Crippen LogP contribution in [0.25, 0.3) is 0 Å². The van der Waals surface area contributed by atoms with Crippen molar-refractivity contribution in [3.05, 3.63) is 84.3 Å². The summed E-state index contributed by atoms with van der Waals surface area (Å²) in [6.45, 7) is 3.38. The van der Waals surface area contributed by atoms with Crippen molar-refractivity contribution in [1.29, 1.82) is 0 Å². The maximum absolute atomic E-state index is 13.9. The second-order valence-electron chi connectivity index (χ2n) is 7.03. The van der Waals surface area contributed by atoms with E-state index in [1.165, 1.54) is 24.3 Å². The molecule has 158 valence electrons. The van der Waals surface area contributed by atoms with Crippen LogP contribution < -0.4 is 0 Å². The monoisotopic (exact) mass is 560 g/mol. The molecule has 2 atom stereocenters. The van der Waals surface area contributed by atoms with Crippen LogP contribution in [-0.2, 0) is 0 Å². The summed E-state index contributed by atoms with van der Waals surface area (Å²) in [6, 6.07) is 7.70. The van der Waals surface area contributed by atoms with Crippen LogP contribution in [0.15, 0.2) is 45.3 Å². The molecule has 0 aromatic heterocycles. The summed E-state index contributed by atoms with van der Waals surface area (Å²) in [5.74, 6) is -2.77. The number of rotatable bonds is 4. The first kappa shape index (κ1) is 22.8. The van der Waals surface area contributed by atoms with Crippen molar-refractivity contribution in [2.24, 2.45) is 0 Å². The first-order valence-corrected chi connectivity index (χ1v) is 10.9. The summed E-state index contributed by atoms with van der Waals surface area (Å²) in [5, 5.41) is 32.0. The predicted octanol–water partition coefficient (Wildman–Crippen LogP) is 7.56. The Hall–Kier alpha value is -1.83. The smallest absolute Gasteiger partial charge is 0.133 e. The van der Waals surface area contributed by atoms with Crippen molar-refractivity contribution < 1.29 is 24.1 Å². The molecule has 3 aromatic rings. The van der Waals surface area contributed by atoms with Crippen molar-refractivity contribution >= 4 is 43.5 Å². The van der Waals surface area contributed by atoms with Gasteiger partial charge in [-0.2, -0.15) is 0 Å². The molecular weight excluding hydrogens is 545 g/mol. The standard InChI is InChI=1S/C22H17Br2ClF2O3/c1-9(16-5-12(26)7-18(23)21(16)29)14-3-11(25)4-15(20(14)28)10(2)17-6-13(27)8-19(24)22(17)30/h3-10,28-30H,1-2H3. The lowest BCUT2D eigenvalue weighted by molar-refractivity contribution is 0.444. The SMILES string of the molecule is CC(c1cc(F)cc(Br)c1O)c1cc(Cl)cc(C(C)c2cc(F)cc(Br)c2O)c1O. The van der Waals surface area contributed by atoms with E-state index in [-0.39, 0.29) is 37.3 Å². The molecule has 0 spiro atoms. The van der Waals surface area contributed by atoms with E-state index in [0.29, 0.717) is 16.1 Å². The van der Waals surface area contributed by atoms with Gasteiger partial charge in [-0.15, -0.1) is 0 Å². The van der Waals surface area contributed by atoms with E-state index in [2.05, 4.69) is 31.9 Å². The molecule has 0 saturated carbocycles. The van der Waals surface area contributed by atoms with Crippen LogP contribution in [0, 0.1) is 11.6 Å². The summed E-state index contributed by atoms with van der Waals surface area (Å²) >= 11 is 12.5. The molecule has 0 amide bonds. The van der Waals surface area contributed by atoms with Gasteiger partial charge in [0.1, 0.15) is 28.9 Å². The fourth-order valence-corrected chi connectivity index (χ4v) is 4.60. The van der Waals surface area contributed by atoms with Crippen molar-refractivity contribution in [2.75, 3.05) is 0 Å². The highest BCUT2D eigenvalue weighted by molar-refractivity contribution is 9.10. The topological polar surface area (TPSA) is 60.7 Å². The Bertz CT molecular complexity index is 1050. The Kier molecular flexibility index (Phi) is 6.65. The van der Waals surface area contributed by atoms with Gasteiger partial charge in [0.05, 0.1) is 8.95 Å². The Labute approximate surface area is 194 Å². The van der Waals surface area contributed by atoms with Gasteiger partial charge in [-0.05, 0) is 68.3 Å². The summed E-state index contributed by atoms with van der Waals surface area (Å²) in [4.78, 5) is 0. The number of aromatic hydroxyl groups is 3. The number of phenols is 3. The predicted molar refractivity (Wildman–Crippen MR) is 120 cm³/mol. The number of hydrogen-bond acceptors (Lipinski definition) is 3. The van der Waals surface area contributed by atoms with Crippen LogP contribution in [0.1, 0.15) is 47.9 Å². The summed E-state index contributed by atoms with van der Waals surface area (Å²) < 4.78 is 28.2. The van der Waals surface area contributed by atoms with Crippen LogP contribution in [-0.4, -0.2) is 15.3 Å². The molecule has 0 fully saturated rings. The number of phenolic OH excluding ortho intramolecular Hbond substituents is 3. The Morgan fingerprint density at radius 1 is 0.667 bits per heavy atom. The zero-order chi connectivity index (χ0) is 22.3. The summed E-state index contributed by atoms with van der Waals surface area (Å²) in [7, 11) is 0. The van der Waals surface area contributed by atoms with E-state index in [0.717, 1.165) is 12.1 Å². The van der Waals surface area contributed by atoms with Crippen LogP contribution in [0.5, 0.6) is 17.2 Å². The molecule has 0 radical (unpaired) electrons. The van der Waals surface area contributed by atoms with E-state index in [1.807, 2.05) is 0 Å². The fraction of sp³-hybridized carbons (Fsp3) is 0.182. The third-order valence-electron chi connectivity index (χ3n) is 5.11. The van der Waals surface area contributed by atoms with Gasteiger partial charge in [0.2, 0.25) is 0 Å². The number of hydrogen-bond donors (Lipinski definition) is 3. The van der Waals surface area contributed by atoms with E-state index in [4.69, 9.17) is 11.6 Å². The zero-order valence-corrected chi connectivity index (χ0v) is 19.8. The lowest BCUT2D eigenvalue weighted by Crippen LogP contribution is -2.04. The molecule has 3 rings (SSSR count). The summed E-state index contributed by atoms with van der Waals surface area (Å²) in [6.07, 6.45) is 0. The minimum Gasteiger partial charge on any atom is -0.507 e. The maximum Gasteiger partial charge on any atom is 0.133 e. The van der Waals surface area contributed by atoms with Crippen molar-refractivity contribution in [3.63, 3.8) is 0 Å². The minimum absolute atomic E-state index is 0.140. The van der Waals surface area contributed by atoms with Gasteiger partial charge >= 0.3 is 0 Å². The second-order valence-corrected chi connectivity index (χ2v) is 9.17. The quantitative estimate of drug-likeness (QED) is 0.308. The first-order chi connectivity index (χ1) is 14.0. The Morgan fingerprint density at radius 2 is 1.00 bits per heavy atom. The molecule has 30 heavy (non-hydrogen) atoms. The van der Waals surface area contributed by atoms with Gasteiger partial charge in [-0.25, -0.2) is 8.78 Å². The highest BCUT2D eigenvalue weighted by Gasteiger charge is 2.25. The molecule has 2 unspecified atom stereocenters. The van der Waals surface area contributed by atoms with Gasteiger partial charge in [0, 0.05) is 39.1 Å². The van der Waals surface area contributed by atoms with Crippen LogP contribution in [0.4, 0.5) is 8.78 Å². The van der Waals surface area contributed by atoms with Crippen LogP contribution >= 0.6 is 43.5 Å². The number of halogens is 5. The van der Waals surface area contributed by atoms with Crippen LogP contribution in [0.2, 0.25) is 5.02 Å². The largest absolute Gasteiger partial charge is 0.507 e. The third kappa shape index (κ3) is 4.29. The molecule has 3 nitrogen and oxygen atoms in total. The van der Waals surface area contributed by atoms with Crippen molar-refractivity contribution in [1.82, 2.24) is 0 Å². The molecule has 0 heterocycles. The van der Waals surface area contributed by atoms with E-state index in [1.54, 1.807) is 13.8 Å². The van der Waals surface area contributed by atoms with E-state index in [9.17, 15) is 24.1 Å². The second kappa shape index (κ2) is 8.73. The highest BCUT2D eigenvalue weighted by atomic mass is 79.9. The van der Waals surface area contributed by atoms with Gasteiger partial charge in [0.15, 0.2) is 0 Å². The lowest BCUT2D eigenvalue weighted by atomic mass is 9.85. The average molecular weight is 563 g/mol. The minimum atomic E-state index is -0.616. The average Bonchev–Trinajstić information content (AvgIpc) is 2.67. The molecule has 0 aliphatic rings. The first-order valence-electron chi connectivity index (χ1n) is 8.89. The van der Waals surface area contributed by atoms with Crippen molar-refractivity contribution in [2.45, 2.75) is 25.7 Å². The van der Waals surface area contributed by atoms with Gasteiger partial charge in [0.25, 0.3) is 0 Å². The maximum atomic E-state index is 13.9. The zero-order valence-electron chi connectivity index (χ0n) is 15.9. The third-order valence-corrected chi connectivity index (χ3v) is 6.54. The van der Waals surface area contributed by atoms with Gasteiger partial charge in [-0.1, -0.05) is 25.4 Å². The highest BCUT2D eigenvalue weighted by Crippen LogP contribution is 2.45. The Balaban J connectivity index is 2.15. The summed E-state index contributed by atoms with van der Waals surface area (Å²) in [5.41, 5.74) is 1.23. The van der Waals surface area contributed by atoms with E-state index >= 15 is 0 Å². The lowest BCUT2D eigenvalue weighted by Gasteiger charge is -2.22. The molecular formula is C22H17Br2ClF2O3. The van der Waals surface area contributed by atoms with Gasteiger partial charge in [-0.3, -0.25) is 0 Å². The molecule has 8 heteroatoms. The molecule has 0 aliphatic heterocycles. The van der Waals surface area contributed by atoms with E-state index < -0.39 is 23.5 Å². The molecule has 0 aliphatic carbocycles. The van der Waals surface area contributed by atoms with Gasteiger partial charge < -0.3 is 15.3 Å². The molecule has 3 aromatic carbocycles. The number of benzene rings is 3. The fourth-order valence-electron chi connectivity index (χ4n) is 3.47. The van der Waals surface area contributed by atoms with Crippen molar-refractivity contribution in [3.8, 4) is 17.2 Å². The normalized spacial score (nSPS) is 13.3. The Morgan fingerprint density at radius 3 is 1.37 bits per heavy atom. The molecule has 0 bridgehead atoms. The molecule has 0 saturated heterocycles. The molecule has 3 N–H and O–H groups in total. The van der Waals surface area contributed by atoms with Crippen LogP contribution in [0.3, 0.4) is 0 Å².